The zero-order chi connectivity index (χ0) is 34.4. The number of Topliss-reactive ketones (excluding diaryl/α,β-unsaturated/α-hetero) is 1. The van der Waals surface area contributed by atoms with Crippen LogP contribution in [0.4, 0.5) is 5.82 Å². The molecule has 0 spiro atoms. The summed E-state index contributed by atoms with van der Waals surface area (Å²) in [6.45, 7) is 3.52. The summed E-state index contributed by atoms with van der Waals surface area (Å²) in [7, 11) is 0. The maximum atomic E-state index is 14.4. The molecule has 7 rings (SSSR count). The van der Waals surface area contributed by atoms with Gasteiger partial charge in [-0.05, 0) is 90.4 Å². The van der Waals surface area contributed by atoms with Gasteiger partial charge in [0.1, 0.15) is 28.7 Å². The molecule has 3 aromatic heterocycles. The summed E-state index contributed by atoms with van der Waals surface area (Å²) < 4.78 is 2.13. The number of anilines is 1. The Kier molecular flexibility index (Phi) is 8.99. The van der Waals surface area contributed by atoms with Crippen molar-refractivity contribution in [1.29, 1.82) is 0 Å². The minimum absolute atomic E-state index is 0.0214. The van der Waals surface area contributed by atoms with Gasteiger partial charge >= 0.3 is 0 Å². The van der Waals surface area contributed by atoms with E-state index in [4.69, 9.17) is 16.7 Å². The normalized spacial score (nSPS) is 22.7. The van der Waals surface area contributed by atoms with Crippen molar-refractivity contribution >= 4 is 67.8 Å². The molecule has 1 aromatic carbocycles. The van der Waals surface area contributed by atoms with Gasteiger partial charge in [0, 0.05) is 54.7 Å². The van der Waals surface area contributed by atoms with Crippen LogP contribution in [0.25, 0.3) is 22.0 Å². The molecule has 0 radical (unpaired) electrons. The number of nitrogens with zero attached hydrogens (tertiary/aromatic N) is 6. The molecule has 1 aliphatic carbocycles. The average Bonchev–Trinajstić information content (AvgIpc) is 3.48. The molecule has 2 aliphatic heterocycles. The molecule has 1 saturated heterocycles. The molecule has 2 bridgehead atoms. The number of aromatic nitrogens is 5. The third-order valence-corrected chi connectivity index (χ3v) is 10.7. The molecular weight excluding hydrogens is 712 g/mol. The predicted molar refractivity (Wildman–Crippen MR) is 187 cm³/mol. The number of halogens is 2. The first kappa shape index (κ1) is 33.3. The Balaban J connectivity index is 1.29. The van der Waals surface area contributed by atoms with Gasteiger partial charge in [-0.1, -0.05) is 24.4 Å². The first-order valence-corrected chi connectivity index (χ1v) is 17.7. The van der Waals surface area contributed by atoms with Gasteiger partial charge in [-0.15, -0.1) is 0 Å². The number of amides is 3. The number of carbonyl (C=O) groups is 4. The van der Waals surface area contributed by atoms with Gasteiger partial charge in [0.05, 0.1) is 10.5 Å². The van der Waals surface area contributed by atoms with E-state index in [0.717, 1.165) is 47.9 Å². The third kappa shape index (κ3) is 6.58. The number of piperidine rings is 1. The molecular formula is C35H36BrClN8O4. The summed E-state index contributed by atoms with van der Waals surface area (Å²) in [5, 5.41) is 11.6. The van der Waals surface area contributed by atoms with E-state index < -0.39 is 17.4 Å². The number of rotatable bonds is 4. The van der Waals surface area contributed by atoms with Crippen LogP contribution in [0.3, 0.4) is 0 Å². The lowest BCUT2D eigenvalue weighted by Crippen LogP contribution is -2.47. The van der Waals surface area contributed by atoms with Crippen LogP contribution in [0.15, 0.2) is 41.3 Å². The second-order valence-electron chi connectivity index (χ2n) is 13.4. The SMILES string of the molecule is CC(=O)c1nn2c3c(cc(-c4cnc(C)nc4)cc13)CCCCCCC(=O)NC[C@@]13C[C@@H](C(=O)Nc4nc(Br)ccc4Cl)N(C(=O)C2)[C@@H]1C3. The molecule has 0 unspecified atom stereocenters. The minimum atomic E-state index is -0.819. The molecule has 5 heterocycles. The van der Waals surface area contributed by atoms with E-state index in [9.17, 15) is 19.2 Å². The summed E-state index contributed by atoms with van der Waals surface area (Å²) in [6.07, 6.45) is 9.12. The quantitative estimate of drug-likeness (QED) is 0.207. The first-order valence-electron chi connectivity index (χ1n) is 16.6. The zero-order valence-electron chi connectivity index (χ0n) is 27.3. The molecule has 49 heavy (non-hydrogen) atoms. The fourth-order valence-corrected chi connectivity index (χ4v) is 7.84. The summed E-state index contributed by atoms with van der Waals surface area (Å²) >= 11 is 9.67. The van der Waals surface area contributed by atoms with E-state index >= 15 is 0 Å². The number of ketones is 1. The van der Waals surface area contributed by atoms with Gasteiger partial charge in [-0.25, -0.2) is 15.0 Å². The van der Waals surface area contributed by atoms with Crippen molar-refractivity contribution in [2.75, 3.05) is 11.9 Å². The van der Waals surface area contributed by atoms with Crippen LogP contribution >= 0.6 is 27.5 Å². The second-order valence-corrected chi connectivity index (χ2v) is 14.6. The molecule has 1 saturated carbocycles. The van der Waals surface area contributed by atoms with Crippen molar-refractivity contribution in [3.8, 4) is 11.1 Å². The highest BCUT2D eigenvalue weighted by Gasteiger charge is 2.67. The second kappa shape index (κ2) is 13.2. The largest absolute Gasteiger partial charge is 0.355 e. The van der Waals surface area contributed by atoms with Crippen LogP contribution < -0.4 is 10.6 Å². The van der Waals surface area contributed by atoms with E-state index in [2.05, 4.69) is 47.6 Å². The van der Waals surface area contributed by atoms with Gasteiger partial charge in [-0.3, -0.25) is 23.9 Å². The Morgan fingerprint density at radius 1 is 1.04 bits per heavy atom. The van der Waals surface area contributed by atoms with Crippen LogP contribution in [-0.4, -0.2) is 71.8 Å². The van der Waals surface area contributed by atoms with Crippen LogP contribution in [0, 0.1) is 12.3 Å². The van der Waals surface area contributed by atoms with E-state index in [0.29, 0.717) is 48.0 Å². The van der Waals surface area contributed by atoms with E-state index in [1.54, 1.807) is 34.1 Å². The number of carbonyl (C=O) groups excluding carboxylic acids is 4. The number of benzene rings is 1. The number of hydrogen-bond acceptors (Lipinski definition) is 8. The van der Waals surface area contributed by atoms with Gasteiger partial charge < -0.3 is 15.5 Å². The van der Waals surface area contributed by atoms with Gasteiger partial charge in [0.15, 0.2) is 11.6 Å². The molecule has 3 atom stereocenters. The first-order chi connectivity index (χ1) is 23.5. The Hall–Kier alpha value is -4.23. The summed E-state index contributed by atoms with van der Waals surface area (Å²) in [6, 6.07) is 6.23. The van der Waals surface area contributed by atoms with Crippen molar-refractivity contribution in [2.24, 2.45) is 5.41 Å². The highest BCUT2D eigenvalue weighted by molar-refractivity contribution is 9.10. The highest BCUT2D eigenvalue weighted by atomic mass is 79.9. The molecule has 14 heteroatoms. The van der Waals surface area contributed by atoms with Crippen molar-refractivity contribution in [1.82, 2.24) is 34.9 Å². The molecule has 2 N–H and O–H groups in total. The van der Waals surface area contributed by atoms with Crippen molar-refractivity contribution in [3.05, 3.63) is 63.4 Å². The summed E-state index contributed by atoms with van der Waals surface area (Å²) in [4.78, 5) is 68.8. The minimum Gasteiger partial charge on any atom is -0.355 e. The van der Waals surface area contributed by atoms with Gasteiger partial charge in [0.25, 0.3) is 0 Å². The highest BCUT2D eigenvalue weighted by Crippen LogP contribution is 2.59. The van der Waals surface area contributed by atoms with Crippen LogP contribution in [-0.2, 0) is 27.3 Å². The topological polar surface area (TPSA) is 152 Å². The maximum Gasteiger partial charge on any atom is 0.248 e. The van der Waals surface area contributed by atoms with Crippen molar-refractivity contribution in [3.63, 3.8) is 0 Å². The zero-order valence-corrected chi connectivity index (χ0v) is 29.6. The Morgan fingerprint density at radius 3 is 2.55 bits per heavy atom. The number of hydrogen-bond donors (Lipinski definition) is 2. The molecule has 4 aromatic rings. The molecule has 12 nitrogen and oxygen atoms in total. The molecule has 254 valence electrons. The Morgan fingerprint density at radius 2 is 1.80 bits per heavy atom. The van der Waals surface area contributed by atoms with Crippen LogP contribution in [0.1, 0.15) is 73.7 Å². The van der Waals surface area contributed by atoms with Crippen molar-refractivity contribution in [2.45, 2.75) is 83.8 Å². The van der Waals surface area contributed by atoms with Crippen molar-refractivity contribution < 1.29 is 19.2 Å². The fraction of sp³-hybridized carbons (Fsp3) is 0.429. The van der Waals surface area contributed by atoms with E-state index in [1.807, 2.05) is 13.0 Å². The average molecular weight is 748 g/mol. The van der Waals surface area contributed by atoms with E-state index in [1.165, 1.54) is 6.92 Å². The number of aryl methyl sites for hydroxylation is 2. The number of pyridine rings is 1. The van der Waals surface area contributed by atoms with Gasteiger partial charge in [0.2, 0.25) is 17.7 Å². The molecule has 3 aliphatic rings. The molecule has 2 fully saturated rings. The lowest BCUT2D eigenvalue weighted by Gasteiger charge is -2.27. The van der Waals surface area contributed by atoms with Gasteiger partial charge in [-0.2, -0.15) is 5.10 Å². The monoisotopic (exact) mass is 746 g/mol. The standard InChI is InChI=1S/C35H36BrClN8O4/c1-19(46)31-24-12-22(23-15-38-20(2)39-16-23)11-21-7-5-3-4-6-8-29(47)40-18-35-13-26(34(49)42-33-25(37)9-10-28(36)41-33)45(27(35)14-35)30(48)17-44(43-31)32(21)24/h9-12,15-16,26-27H,3-8,13-14,17-18H2,1-2H3,(H,40,47)(H,41,42,49)/t26-,27+,35-/m0/s1. The molecule has 3 amide bonds. The van der Waals surface area contributed by atoms with E-state index in [-0.39, 0.29) is 46.7 Å². The maximum absolute atomic E-state index is 14.4. The summed E-state index contributed by atoms with van der Waals surface area (Å²) in [5.74, 6) is -0.0943. The third-order valence-electron chi connectivity index (χ3n) is 9.96. The van der Waals surface area contributed by atoms with Crippen LogP contribution in [0.5, 0.6) is 0 Å². The summed E-state index contributed by atoms with van der Waals surface area (Å²) in [5.41, 5.74) is 3.22. The predicted octanol–water partition coefficient (Wildman–Crippen LogP) is 5.44. The smallest absolute Gasteiger partial charge is 0.248 e. The lowest BCUT2D eigenvalue weighted by molar-refractivity contribution is -0.138. The Labute approximate surface area is 296 Å². The van der Waals surface area contributed by atoms with Crippen LogP contribution in [0.2, 0.25) is 5.02 Å². The number of nitrogens with one attached hydrogen (secondary N) is 2. The Bertz CT molecular complexity index is 2000. The lowest BCUT2D eigenvalue weighted by atomic mass is 9.96. The fourth-order valence-electron chi connectivity index (χ4n) is 7.38.